The van der Waals surface area contributed by atoms with Crippen molar-refractivity contribution in [2.24, 2.45) is 0 Å². The number of nitrogens with zero attached hydrogens (tertiary/aromatic N) is 1. The van der Waals surface area contributed by atoms with E-state index in [9.17, 15) is 9.90 Å². The first-order valence-corrected chi connectivity index (χ1v) is 4.41. The maximum atomic E-state index is 11.5. The number of hydrogen-bond donors (Lipinski definition) is 2. The number of allylic oxidation sites excluding steroid dienone is 1. The molecule has 0 saturated heterocycles. The van der Waals surface area contributed by atoms with Crippen LogP contribution in [0.1, 0.15) is 10.4 Å². The molecule has 1 aromatic rings. The molecule has 0 bridgehead atoms. The van der Waals surface area contributed by atoms with Gasteiger partial charge in [0.25, 0.3) is 0 Å². The summed E-state index contributed by atoms with van der Waals surface area (Å²) in [4.78, 5) is 13.2. The van der Waals surface area contributed by atoms with E-state index in [0.29, 0.717) is 0 Å². The van der Waals surface area contributed by atoms with Crippen molar-refractivity contribution in [2.75, 3.05) is 14.1 Å². The van der Waals surface area contributed by atoms with Crippen molar-refractivity contribution in [3.05, 3.63) is 36.0 Å². The molecule has 4 nitrogen and oxygen atoms in total. The van der Waals surface area contributed by atoms with E-state index in [1.165, 1.54) is 24.3 Å². The highest BCUT2D eigenvalue weighted by Gasteiger charge is 2.08. The van der Waals surface area contributed by atoms with E-state index in [4.69, 9.17) is 5.11 Å². The molecular weight excluding hydrogens is 194 g/mol. The number of hydrogen-bond acceptors (Lipinski definition) is 4. The van der Waals surface area contributed by atoms with E-state index in [2.05, 4.69) is 0 Å². The van der Waals surface area contributed by atoms with Crippen LogP contribution in [0.2, 0.25) is 0 Å². The van der Waals surface area contributed by atoms with Crippen molar-refractivity contribution in [1.29, 1.82) is 0 Å². The van der Waals surface area contributed by atoms with Crippen LogP contribution in [0, 0.1) is 0 Å². The monoisotopic (exact) mass is 207 g/mol. The average molecular weight is 207 g/mol. The molecule has 1 aromatic carbocycles. The molecule has 0 fully saturated rings. The summed E-state index contributed by atoms with van der Waals surface area (Å²) >= 11 is 0. The van der Waals surface area contributed by atoms with Gasteiger partial charge in [-0.15, -0.1) is 0 Å². The number of phenols is 2. The quantitative estimate of drug-likeness (QED) is 0.446. The van der Waals surface area contributed by atoms with Gasteiger partial charge in [0.1, 0.15) is 11.5 Å². The first kappa shape index (κ1) is 11.1. The molecule has 0 aliphatic rings. The molecule has 80 valence electrons. The Balaban J connectivity index is 2.96. The Morgan fingerprint density at radius 2 is 2.00 bits per heavy atom. The second-order valence-electron chi connectivity index (χ2n) is 3.35. The zero-order valence-electron chi connectivity index (χ0n) is 8.64. The highest BCUT2D eigenvalue weighted by Crippen LogP contribution is 2.22. The summed E-state index contributed by atoms with van der Waals surface area (Å²) in [7, 11) is 3.57. The summed E-state index contributed by atoms with van der Waals surface area (Å²) in [6.07, 6.45) is 2.90. The van der Waals surface area contributed by atoms with Crippen molar-refractivity contribution < 1.29 is 15.0 Å². The fourth-order valence-corrected chi connectivity index (χ4v) is 1.03. The lowest BCUT2D eigenvalue weighted by molar-refractivity contribution is 0.104. The first-order valence-electron chi connectivity index (χ1n) is 4.41. The molecule has 2 N–H and O–H groups in total. The second kappa shape index (κ2) is 4.50. The van der Waals surface area contributed by atoms with Crippen LogP contribution in [-0.4, -0.2) is 35.0 Å². The van der Waals surface area contributed by atoms with E-state index < -0.39 is 0 Å². The highest BCUT2D eigenvalue weighted by molar-refractivity contribution is 6.06. The van der Waals surface area contributed by atoms with Crippen LogP contribution in [0.5, 0.6) is 11.5 Å². The van der Waals surface area contributed by atoms with Crippen LogP contribution >= 0.6 is 0 Å². The van der Waals surface area contributed by atoms with Crippen LogP contribution in [0.4, 0.5) is 0 Å². The maximum Gasteiger partial charge on any atom is 0.191 e. The predicted molar refractivity (Wildman–Crippen MR) is 56.9 cm³/mol. The summed E-state index contributed by atoms with van der Waals surface area (Å²) in [5.74, 6) is -0.535. The molecule has 0 atom stereocenters. The molecule has 0 radical (unpaired) electrons. The molecule has 0 aliphatic carbocycles. The average Bonchev–Trinajstić information content (AvgIpc) is 2.18. The number of rotatable bonds is 3. The van der Waals surface area contributed by atoms with Crippen molar-refractivity contribution in [3.8, 4) is 11.5 Å². The molecule has 0 saturated carbocycles. The first-order chi connectivity index (χ1) is 7.00. The van der Waals surface area contributed by atoms with Crippen molar-refractivity contribution in [1.82, 2.24) is 4.90 Å². The standard InChI is InChI=1S/C11H13NO3/c1-12(2)6-5-11(15)9-7-8(13)3-4-10(9)14/h3-7,13-14H,1-2H3. The molecule has 15 heavy (non-hydrogen) atoms. The minimum absolute atomic E-state index is 0.0468. The summed E-state index contributed by atoms with van der Waals surface area (Å²) in [5, 5.41) is 18.6. The molecule has 0 aliphatic heterocycles. The number of benzene rings is 1. The van der Waals surface area contributed by atoms with Gasteiger partial charge >= 0.3 is 0 Å². The Labute approximate surface area is 88.1 Å². The third-order valence-corrected chi connectivity index (χ3v) is 1.77. The van der Waals surface area contributed by atoms with Gasteiger partial charge < -0.3 is 15.1 Å². The van der Waals surface area contributed by atoms with Gasteiger partial charge in [0.05, 0.1) is 5.56 Å². The molecule has 0 heterocycles. The largest absolute Gasteiger partial charge is 0.508 e. The van der Waals surface area contributed by atoms with Crippen molar-refractivity contribution in [2.45, 2.75) is 0 Å². The van der Waals surface area contributed by atoms with E-state index in [0.717, 1.165) is 0 Å². The van der Waals surface area contributed by atoms with Gasteiger partial charge in [0.15, 0.2) is 5.78 Å². The number of carbonyl (C=O) groups excluding carboxylic acids is 1. The second-order valence-corrected chi connectivity index (χ2v) is 3.35. The van der Waals surface area contributed by atoms with E-state index in [-0.39, 0.29) is 22.8 Å². The molecular formula is C11H13NO3. The van der Waals surface area contributed by atoms with Crippen LogP contribution in [-0.2, 0) is 0 Å². The van der Waals surface area contributed by atoms with Gasteiger partial charge in [-0.1, -0.05) is 0 Å². The summed E-state index contributed by atoms with van der Waals surface area (Å²) in [5.41, 5.74) is 0.0908. The van der Waals surface area contributed by atoms with Gasteiger partial charge in [-0.05, 0) is 18.2 Å². The van der Waals surface area contributed by atoms with E-state index in [1.54, 1.807) is 25.2 Å². The van der Waals surface area contributed by atoms with Gasteiger partial charge in [-0.25, -0.2) is 0 Å². The van der Waals surface area contributed by atoms with E-state index in [1.807, 2.05) is 0 Å². The number of aromatic hydroxyl groups is 2. The minimum Gasteiger partial charge on any atom is -0.508 e. The topological polar surface area (TPSA) is 60.8 Å². The van der Waals surface area contributed by atoms with Gasteiger partial charge in [0.2, 0.25) is 0 Å². The Hall–Kier alpha value is -1.97. The maximum absolute atomic E-state index is 11.5. The predicted octanol–water partition coefficient (Wildman–Crippen LogP) is 1.36. The Morgan fingerprint density at radius 1 is 1.33 bits per heavy atom. The molecule has 4 heteroatoms. The van der Waals surface area contributed by atoms with Crippen LogP contribution in [0.25, 0.3) is 0 Å². The fourth-order valence-electron chi connectivity index (χ4n) is 1.03. The molecule has 1 rings (SSSR count). The van der Waals surface area contributed by atoms with Gasteiger partial charge in [-0.3, -0.25) is 4.79 Å². The third kappa shape index (κ3) is 3.02. The summed E-state index contributed by atoms with van der Waals surface area (Å²) < 4.78 is 0. The number of phenolic OH excluding ortho intramolecular Hbond substituents is 2. The lowest BCUT2D eigenvalue weighted by Gasteiger charge is -2.04. The Kier molecular flexibility index (Phi) is 3.33. The van der Waals surface area contributed by atoms with Crippen LogP contribution in [0.15, 0.2) is 30.5 Å². The summed E-state index contributed by atoms with van der Waals surface area (Å²) in [6.45, 7) is 0. The van der Waals surface area contributed by atoms with Crippen LogP contribution < -0.4 is 0 Å². The molecule has 0 amide bonds. The zero-order valence-corrected chi connectivity index (χ0v) is 8.64. The Morgan fingerprint density at radius 3 is 2.60 bits per heavy atom. The normalized spacial score (nSPS) is 10.5. The lowest BCUT2D eigenvalue weighted by atomic mass is 10.1. The summed E-state index contributed by atoms with van der Waals surface area (Å²) in [6, 6.07) is 3.84. The minimum atomic E-state index is -0.350. The van der Waals surface area contributed by atoms with Crippen LogP contribution in [0.3, 0.4) is 0 Å². The van der Waals surface area contributed by atoms with Crippen molar-refractivity contribution in [3.63, 3.8) is 0 Å². The fraction of sp³-hybridized carbons (Fsp3) is 0.182. The SMILES string of the molecule is CN(C)C=CC(=O)c1cc(O)ccc1O. The van der Waals surface area contributed by atoms with Crippen molar-refractivity contribution >= 4 is 5.78 Å². The Bertz CT molecular complexity index is 397. The highest BCUT2D eigenvalue weighted by atomic mass is 16.3. The molecule has 0 spiro atoms. The number of carbonyl (C=O) groups is 1. The van der Waals surface area contributed by atoms with Gasteiger partial charge in [-0.2, -0.15) is 0 Å². The smallest absolute Gasteiger partial charge is 0.191 e. The molecule has 0 unspecified atom stereocenters. The third-order valence-electron chi connectivity index (χ3n) is 1.77. The lowest BCUT2D eigenvalue weighted by Crippen LogP contribution is -2.03. The van der Waals surface area contributed by atoms with Gasteiger partial charge in [0, 0.05) is 26.4 Å². The van der Waals surface area contributed by atoms with E-state index >= 15 is 0 Å². The zero-order chi connectivity index (χ0) is 11.4. The number of ketones is 1. The molecule has 0 aromatic heterocycles.